The van der Waals surface area contributed by atoms with Crippen molar-refractivity contribution in [2.24, 2.45) is 0 Å². The number of ether oxygens (including phenoxy) is 1. The lowest BCUT2D eigenvalue weighted by molar-refractivity contribution is -0.147. The first kappa shape index (κ1) is 62.2. The van der Waals surface area contributed by atoms with Gasteiger partial charge in [0.25, 0.3) is 0 Å². The van der Waals surface area contributed by atoms with Gasteiger partial charge in [-0.15, -0.1) is 0 Å². The average molecular weight is 936 g/mol. The van der Waals surface area contributed by atoms with Crippen LogP contribution in [0.25, 0.3) is 0 Å². The van der Waals surface area contributed by atoms with E-state index < -0.39 is 57.6 Å². The molecule has 0 saturated heterocycles. The van der Waals surface area contributed by atoms with Gasteiger partial charge in [0, 0.05) is 12.8 Å². The fourth-order valence-corrected chi connectivity index (χ4v) is 7.77. The molecule has 0 saturated carbocycles. The Morgan fingerprint density at radius 1 is 0.492 bits per heavy atom. The minimum absolute atomic E-state index is 0.138. The molecule has 376 valence electrons. The number of amides is 1. The molecule has 0 rings (SSSR count). The standard InChI is InChI=1S/C53H94NO10P/c1-3-5-7-9-11-13-15-17-19-21-23-24-25-26-27-28-30-32-34-36-38-40-42-44-51(56)54-50(53(58)59)48-64-65(60,61)63-47-49(55)46-62-52(57)45-43-41-39-37-35-33-31-29-22-20-18-16-14-12-10-8-6-4-2/h11,13-14,16-17,19-20,22-24,49-50,55H,3-10,12,15,18,21,25-48H2,1-2H3,(H,54,56)(H,58,59)(H,60,61)/b13-11-,16-14-,19-17-,22-20-,24-23-. The van der Waals surface area contributed by atoms with Gasteiger partial charge in [0.15, 0.2) is 6.04 Å². The van der Waals surface area contributed by atoms with Crippen LogP contribution in [0, 0.1) is 0 Å². The minimum atomic E-state index is -4.77. The maximum atomic E-state index is 12.4. The summed E-state index contributed by atoms with van der Waals surface area (Å²) in [5.74, 6) is -2.38. The SMILES string of the molecule is CCCCC/C=C\C/C=C\C/C=C\CCCCCCCCCCCCC(=O)NC(COP(=O)(O)OCC(O)COC(=O)CCCCCCCCC/C=C\C/C=C\CCCCCC)C(=O)O. The maximum Gasteiger partial charge on any atom is 0.472 e. The van der Waals surface area contributed by atoms with Crippen LogP contribution in [0.2, 0.25) is 0 Å². The highest BCUT2D eigenvalue weighted by Crippen LogP contribution is 2.43. The van der Waals surface area contributed by atoms with E-state index in [1.165, 1.54) is 109 Å². The molecule has 0 heterocycles. The molecule has 3 unspecified atom stereocenters. The van der Waals surface area contributed by atoms with Gasteiger partial charge in [-0.1, -0.05) is 190 Å². The fourth-order valence-electron chi connectivity index (χ4n) is 7.00. The van der Waals surface area contributed by atoms with E-state index in [0.717, 1.165) is 77.0 Å². The average Bonchev–Trinajstić information content (AvgIpc) is 3.28. The van der Waals surface area contributed by atoms with Gasteiger partial charge in [0.05, 0.1) is 13.2 Å². The molecule has 0 bridgehead atoms. The molecule has 0 radical (unpaired) electrons. The fraction of sp³-hybridized carbons (Fsp3) is 0.755. The predicted octanol–water partition coefficient (Wildman–Crippen LogP) is 14.3. The second kappa shape index (κ2) is 47.7. The first-order chi connectivity index (χ1) is 31.6. The molecule has 11 nitrogen and oxygen atoms in total. The molecule has 12 heteroatoms. The van der Waals surface area contributed by atoms with Gasteiger partial charge < -0.3 is 25.2 Å². The van der Waals surface area contributed by atoms with Gasteiger partial charge in [0.2, 0.25) is 5.91 Å². The molecule has 3 atom stereocenters. The zero-order chi connectivity index (χ0) is 47.7. The van der Waals surface area contributed by atoms with E-state index in [2.05, 4.69) is 79.9 Å². The molecule has 0 aliphatic heterocycles. The lowest BCUT2D eigenvalue weighted by Crippen LogP contribution is -2.43. The molecular formula is C53H94NO10P. The largest absolute Gasteiger partial charge is 0.480 e. The topological polar surface area (TPSA) is 169 Å². The monoisotopic (exact) mass is 936 g/mol. The number of carboxylic acids is 1. The smallest absolute Gasteiger partial charge is 0.472 e. The summed E-state index contributed by atoms with van der Waals surface area (Å²) in [5.41, 5.74) is 0. The number of nitrogens with one attached hydrogen (secondary N) is 1. The number of phosphoric ester groups is 1. The van der Waals surface area contributed by atoms with Gasteiger partial charge in [-0.3, -0.25) is 18.6 Å². The van der Waals surface area contributed by atoms with Crippen LogP contribution in [0.1, 0.15) is 226 Å². The molecule has 0 aromatic carbocycles. The van der Waals surface area contributed by atoms with Crippen molar-refractivity contribution in [2.45, 2.75) is 238 Å². The van der Waals surface area contributed by atoms with Gasteiger partial charge >= 0.3 is 19.8 Å². The van der Waals surface area contributed by atoms with Crippen molar-refractivity contribution in [1.29, 1.82) is 0 Å². The molecule has 4 N–H and O–H groups in total. The number of phosphoric acid groups is 1. The molecule has 0 spiro atoms. The number of carbonyl (C=O) groups excluding carboxylic acids is 2. The number of esters is 1. The summed E-state index contributed by atoms with van der Waals surface area (Å²) in [6, 6.07) is -1.55. The van der Waals surface area contributed by atoms with Crippen LogP contribution in [0.4, 0.5) is 0 Å². The Balaban J connectivity index is 3.85. The molecule has 0 aromatic heterocycles. The third-order valence-corrected chi connectivity index (χ3v) is 12.0. The zero-order valence-corrected chi connectivity index (χ0v) is 41.9. The van der Waals surface area contributed by atoms with Crippen LogP contribution >= 0.6 is 7.82 Å². The molecule has 0 aromatic rings. The summed E-state index contributed by atoms with van der Waals surface area (Å²) < 4.78 is 26.9. The van der Waals surface area contributed by atoms with Crippen molar-refractivity contribution >= 4 is 25.7 Å². The number of carboxylic acid groups (broad SMARTS) is 1. The lowest BCUT2D eigenvalue weighted by atomic mass is 10.0. The number of aliphatic hydroxyl groups is 1. The van der Waals surface area contributed by atoms with Crippen LogP contribution in [0.5, 0.6) is 0 Å². The van der Waals surface area contributed by atoms with E-state index in [-0.39, 0.29) is 12.8 Å². The second-order valence-electron chi connectivity index (χ2n) is 17.4. The Kier molecular flexibility index (Phi) is 45.6. The Labute approximate surface area is 396 Å². The Morgan fingerprint density at radius 3 is 1.29 bits per heavy atom. The number of carbonyl (C=O) groups is 3. The quantitative estimate of drug-likeness (QED) is 0.0199. The number of allylic oxidation sites excluding steroid dienone is 10. The van der Waals surface area contributed by atoms with Crippen LogP contribution < -0.4 is 5.32 Å². The summed E-state index contributed by atoms with van der Waals surface area (Å²) >= 11 is 0. The van der Waals surface area contributed by atoms with E-state index >= 15 is 0 Å². The van der Waals surface area contributed by atoms with Crippen LogP contribution in [0.3, 0.4) is 0 Å². The first-order valence-electron chi connectivity index (χ1n) is 25.8. The van der Waals surface area contributed by atoms with Crippen LogP contribution in [0.15, 0.2) is 60.8 Å². The summed E-state index contributed by atoms with van der Waals surface area (Å²) in [6.07, 6.45) is 56.6. The third kappa shape index (κ3) is 47.5. The third-order valence-electron chi connectivity index (χ3n) is 11.0. The van der Waals surface area contributed by atoms with E-state index in [1.54, 1.807) is 0 Å². The summed E-state index contributed by atoms with van der Waals surface area (Å²) in [7, 11) is -4.77. The minimum Gasteiger partial charge on any atom is -0.480 e. The van der Waals surface area contributed by atoms with Crippen molar-refractivity contribution in [1.82, 2.24) is 5.32 Å². The van der Waals surface area contributed by atoms with E-state index in [0.29, 0.717) is 12.8 Å². The van der Waals surface area contributed by atoms with E-state index in [9.17, 15) is 34.1 Å². The molecule has 65 heavy (non-hydrogen) atoms. The summed E-state index contributed by atoms with van der Waals surface area (Å²) in [4.78, 5) is 46.1. The molecule has 0 aliphatic rings. The van der Waals surface area contributed by atoms with Crippen molar-refractivity contribution in [3.8, 4) is 0 Å². The highest BCUT2D eigenvalue weighted by Gasteiger charge is 2.28. The summed E-state index contributed by atoms with van der Waals surface area (Å²) in [5, 5.41) is 21.9. The number of hydrogen-bond acceptors (Lipinski definition) is 8. The van der Waals surface area contributed by atoms with Crippen molar-refractivity contribution in [2.75, 3.05) is 19.8 Å². The second-order valence-corrected chi connectivity index (χ2v) is 18.8. The van der Waals surface area contributed by atoms with Gasteiger partial charge in [-0.25, -0.2) is 9.36 Å². The first-order valence-corrected chi connectivity index (χ1v) is 27.3. The number of aliphatic carboxylic acids is 1. The normalized spacial score (nSPS) is 14.0. The van der Waals surface area contributed by atoms with Gasteiger partial charge in [-0.2, -0.15) is 0 Å². The number of hydrogen-bond donors (Lipinski definition) is 4. The van der Waals surface area contributed by atoms with Crippen molar-refractivity contribution in [3.05, 3.63) is 60.8 Å². The lowest BCUT2D eigenvalue weighted by Gasteiger charge is -2.18. The Morgan fingerprint density at radius 2 is 0.846 bits per heavy atom. The van der Waals surface area contributed by atoms with E-state index in [1.807, 2.05) is 0 Å². The Hall–Kier alpha value is -2.82. The Bertz CT molecular complexity index is 1330. The maximum absolute atomic E-state index is 12.4. The number of aliphatic hydroxyl groups excluding tert-OH is 1. The molecule has 0 fully saturated rings. The van der Waals surface area contributed by atoms with E-state index in [4.69, 9.17) is 13.8 Å². The highest BCUT2D eigenvalue weighted by molar-refractivity contribution is 7.47. The molecule has 0 aliphatic carbocycles. The van der Waals surface area contributed by atoms with Crippen molar-refractivity contribution < 1.29 is 47.8 Å². The van der Waals surface area contributed by atoms with Gasteiger partial charge in [-0.05, 0) is 83.5 Å². The van der Waals surface area contributed by atoms with Crippen molar-refractivity contribution in [3.63, 3.8) is 0 Å². The van der Waals surface area contributed by atoms with Crippen LogP contribution in [-0.4, -0.2) is 64.9 Å². The number of rotatable bonds is 48. The summed E-state index contributed by atoms with van der Waals surface area (Å²) in [6.45, 7) is 2.56. The number of unbranched alkanes of at least 4 members (excludes halogenated alkanes) is 24. The zero-order valence-electron chi connectivity index (χ0n) is 41.0. The molecule has 1 amide bonds. The van der Waals surface area contributed by atoms with Crippen LogP contribution in [-0.2, 0) is 32.7 Å². The van der Waals surface area contributed by atoms with Gasteiger partial charge in [0.1, 0.15) is 12.7 Å². The predicted molar refractivity (Wildman–Crippen MR) is 268 cm³/mol. The highest BCUT2D eigenvalue weighted by atomic mass is 31.2. The molecular weight excluding hydrogens is 842 g/mol.